The Hall–Kier alpha value is -4.00. The van der Waals surface area contributed by atoms with Crippen LogP contribution in [0, 0.1) is 0 Å². The molecular formula is C30H29F3N4O4S. The quantitative estimate of drug-likeness (QED) is 0.263. The number of hydrogen-bond donors (Lipinski definition) is 2. The van der Waals surface area contributed by atoms with Crippen molar-refractivity contribution in [2.45, 2.75) is 24.5 Å². The minimum Gasteiger partial charge on any atom is -0.379 e. The minimum absolute atomic E-state index is 0.345. The summed E-state index contributed by atoms with van der Waals surface area (Å²) >= 11 is 0. The number of ether oxygens (including phenoxy) is 1. The van der Waals surface area contributed by atoms with Crippen LogP contribution in [0.4, 0.5) is 29.3 Å². The van der Waals surface area contributed by atoms with E-state index >= 15 is 0 Å². The first kappa shape index (κ1) is 29.5. The van der Waals surface area contributed by atoms with Gasteiger partial charge in [0.2, 0.25) is 0 Å². The molecule has 8 nitrogen and oxygen atoms in total. The number of anilines is 2. The fourth-order valence-corrected chi connectivity index (χ4v) is 5.88. The van der Waals surface area contributed by atoms with Crippen LogP contribution < -0.4 is 10.6 Å². The summed E-state index contributed by atoms with van der Waals surface area (Å²) in [4.78, 5) is 19.8. The number of rotatable bonds is 7. The van der Waals surface area contributed by atoms with E-state index in [9.17, 15) is 26.4 Å². The molecule has 12 heteroatoms. The number of benzene rings is 3. The second-order valence-corrected chi connectivity index (χ2v) is 12.0. The van der Waals surface area contributed by atoms with E-state index in [1.165, 1.54) is 6.92 Å². The fraction of sp³-hybridized carbons (Fsp3) is 0.267. The van der Waals surface area contributed by atoms with E-state index in [1.54, 1.807) is 12.1 Å². The number of urea groups is 1. The molecule has 2 amide bonds. The van der Waals surface area contributed by atoms with Crippen molar-refractivity contribution >= 4 is 38.0 Å². The Morgan fingerprint density at radius 3 is 2.36 bits per heavy atom. The number of carbonyl (C=O) groups is 1. The lowest BCUT2D eigenvalue weighted by molar-refractivity contribution is -0.137. The first-order chi connectivity index (χ1) is 20.0. The zero-order valence-corrected chi connectivity index (χ0v) is 23.6. The zero-order valence-electron chi connectivity index (χ0n) is 22.7. The van der Waals surface area contributed by atoms with Crippen LogP contribution in [0.3, 0.4) is 0 Å². The molecule has 220 valence electrons. The Morgan fingerprint density at radius 1 is 0.929 bits per heavy atom. The number of alkyl halides is 3. The van der Waals surface area contributed by atoms with Gasteiger partial charge >= 0.3 is 12.2 Å². The molecule has 42 heavy (non-hydrogen) atoms. The van der Waals surface area contributed by atoms with Crippen molar-refractivity contribution in [1.29, 1.82) is 0 Å². The van der Waals surface area contributed by atoms with E-state index in [0.717, 1.165) is 41.5 Å². The first-order valence-electron chi connectivity index (χ1n) is 13.4. The number of morpholine rings is 1. The Labute approximate surface area is 241 Å². The van der Waals surface area contributed by atoms with Crippen molar-refractivity contribution in [2.75, 3.05) is 42.7 Å². The average Bonchev–Trinajstić information content (AvgIpc) is 2.97. The normalized spacial score (nSPS) is 14.6. The number of nitrogens with one attached hydrogen (secondary N) is 2. The topological polar surface area (TPSA) is 101 Å². The van der Waals surface area contributed by atoms with Crippen LogP contribution >= 0.6 is 0 Å². The molecule has 1 aliphatic rings. The van der Waals surface area contributed by atoms with Gasteiger partial charge < -0.3 is 15.4 Å². The number of halogens is 3. The van der Waals surface area contributed by atoms with Gasteiger partial charge in [0.05, 0.1) is 52.2 Å². The predicted molar refractivity (Wildman–Crippen MR) is 155 cm³/mol. The van der Waals surface area contributed by atoms with Gasteiger partial charge in [0.15, 0.2) is 9.84 Å². The maximum atomic E-state index is 13.4. The number of sulfone groups is 1. The molecule has 0 atom stereocenters. The lowest BCUT2D eigenvalue weighted by Gasteiger charge is -2.26. The highest BCUT2D eigenvalue weighted by atomic mass is 32.2. The number of hydrogen-bond acceptors (Lipinski definition) is 6. The number of amides is 2. The molecule has 1 aliphatic heterocycles. The van der Waals surface area contributed by atoms with Crippen molar-refractivity contribution in [3.63, 3.8) is 0 Å². The molecular weight excluding hydrogens is 569 g/mol. The third-order valence-electron chi connectivity index (χ3n) is 7.01. The molecule has 0 radical (unpaired) electrons. The summed E-state index contributed by atoms with van der Waals surface area (Å²) in [5, 5.41) is 6.46. The van der Waals surface area contributed by atoms with E-state index in [1.807, 2.05) is 42.5 Å². The first-order valence-corrected chi connectivity index (χ1v) is 15.0. The predicted octanol–water partition coefficient (Wildman–Crippen LogP) is 6.19. The number of carbonyl (C=O) groups excluding carboxylic acids is 1. The standard InChI is InChI=1S/C30H29F3N4O4S/c1-2-42(39,40)28-13-10-20(30(31,32)33)18-27(28)36-29(38)35-26-12-11-24(22-7-3-4-8-23(22)26)25-9-5-6-21(34-25)19-37-14-16-41-17-15-37/h3-13,18H,2,14-17,19H2,1H3,(H2,35,36,38). The number of nitrogens with zero attached hydrogens (tertiary/aromatic N) is 2. The van der Waals surface area contributed by atoms with Gasteiger partial charge in [-0.05, 0) is 41.8 Å². The van der Waals surface area contributed by atoms with Crippen LogP contribution in [0.2, 0.25) is 0 Å². The molecule has 0 spiro atoms. The van der Waals surface area contributed by atoms with Crippen LogP contribution in [0.1, 0.15) is 18.2 Å². The van der Waals surface area contributed by atoms with Gasteiger partial charge in [0.25, 0.3) is 0 Å². The van der Waals surface area contributed by atoms with Crippen molar-refractivity contribution in [1.82, 2.24) is 9.88 Å². The molecule has 5 rings (SSSR count). The van der Waals surface area contributed by atoms with Gasteiger partial charge in [-0.25, -0.2) is 13.2 Å². The maximum Gasteiger partial charge on any atom is 0.416 e. The highest BCUT2D eigenvalue weighted by molar-refractivity contribution is 7.91. The Kier molecular flexibility index (Phi) is 8.48. The smallest absolute Gasteiger partial charge is 0.379 e. The van der Waals surface area contributed by atoms with Gasteiger partial charge in [0.1, 0.15) is 0 Å². The fourth-order valence-electron chi connectivity index (χ4n) is 4.84. The molecule has 0 saturated carbocycles. The summed E-state index contributed by atoms with van der Waals surface area (Å²) in [6.07, 6.45) is -4.72. The van der Waals surface area contributed by atoms with Gasteiger partial charge in [0, 0.05) is 30.6 Å². The van der Waals surface area contributed by atoms with Gasteiger partial charge in [-0.15, -0.1) is 0 Å². The highest BCUT2D eigenvalue weighted by Gasteiger charge is 2.32. The van der Waals surface area contributed by atoms with Crippen molar-refractivity contribution in [2.24, 2.45) is 0 Å². The van der Waals surface area contributed by atoms with E-state index < -0.39 is 38.2 Å². The monoisotopic (exact) mass is 598 g/mol. The molecule has 1 aromatic heterocycles. The zero-order chi connectivity index (χ0) is 29.9. The lowest BCUT2D eigenvalue weighted by Crippen LogP contribution is -2.35. The molecule has 3 aromatic carbocycles. The van der Waals surface area contributed by atoms with Crippen LogP contribution in [0.5, 0.6) is 0 Å². The lowest BCUT2D eigenvalue weighted by atomic mass is 10.00. The molecule has 2 heterocycles. The summed E-state index contributed by atoms with van der Waals surface area (Å²) in [5.41, 5.74) is 1.38. The largest absolute Gasteiger partial charge is 0.416 e. The maximum absolute atomic E-state index is 13.4. The second kappa shape index (κ2) is 12.1. The van der Waals surface area contributed by atoms with Crippen LogP contribution in [0.25, 0.3) is 22.0 Å². The Morgan fingerprint density at radius 2 is 1.64 bits per heavy atom. The molecule has 0 unspecified atom stereocenters. The molecule has 2 N–H and O–H groups in total. The van der Waals surface area contributed by atoms with Crippen molar-refractivity contribution in [3.8, 4) is 11.3 Å². The summed E-state index contributed by atoms with van der Waals surface area (Å²) in [6, 6.07) is 18.0. The summed E-state index contributed by atoms with van der Waals surface area (Å²) in [7, 11) is -3.92. The molecule has 4 aromatic rings. The SMILES string of the molecule is CCS(=O)(=O)c1ccc(C(F)(F)F)cc1NC(=O)Nc1ccc(-c2cccc(CN3CCOCC3)n2)c2ccccc12. The number of fused-ring (bicyclic) bond motifs is 1. The molecule has 0 aliphatic carbocycles. The Bertz CT molecular complexity index is 1720. The minimum atomic E-state index is -4.72. The van der Waals surface area contributed by atoms with Crippen molar-refractivity contribution < 1.29 is 31.1 Å². The average molecular weight is 599 g/mol. The highest BCUT2D eigenvalue weighted by Crippen LogP contribution is 2.35. The third-order valence-corrected chi connectivity index (χ3v) is 8.80. The van der Waals surface area contributed by atoms with Crippen molar-refractivity contribution in [3.05, 3.63) is 84.1 Å². The number of pyridine rings is 1. The van der Waals surface area contributed by atoms with Gasteiger partial charge in [-0.2, -0.15) is 13.2 Å². The summed E-state index contributed by atoms with van der Waals surface area (Å²) < 4.78 is 70.6. The van der Waals surface area contributed by atoms with E-state index in [0.29, 0.717) is 43.0 Å². The second-order valence-electron chi connectivity index (χ2n) is 9.80. The van der Waals surface area contributed by atoms with E-state index in [-0.39, 0.29) is 5.75 Å². The molecule has 1 fully saturated rings. The summed E-state index contributed by atoms with van der Waals surface area (Å²) in [5.74, 6) is -0.345. The van der Waals surface area contributed by atoms with Crippen LogP contribution in [-0.2, 0) is 27.3 Å². The Balaban J connectivity index is 1.43. The van der Waals surface area contributed by atoms with Crippen LogP contribution in [0.15, 0.2) is 77.7 Å². The number of aromatic nitrogens is 1. The van der Waals surface area contributed by atoms with Gasteiger partial charge in [-0.3, -0.25) is 9.88 Å². The van der Waals surface area contributed by atoms with E-state index in [2.05, 4.69) is 15.5 Å². The summed E-state index contributed by atoms with van der Waals surface area (Å²) in [6.45, 7) is 5.12. The third kappa shape index (κ3) is 6.56. The molecule has 0 bridgehead atoms. The van der Waals surface area contributed by atoms with Gasteiger partial charge in [-0.1, -0.05) is 43.3 Å². The molecule has 1 saturated heterocycles. The van der Waals surface area contributed by atoms with Crippen LogP contribution in [-0.4, -0.2) is 56.4 Å². The van der Waals surface area contributed by atoms with E-state index in [4.69, 9.17) is 9.72 Å².